The summed E-state index contributed by atoms with van der Waals surface area (Å²) in [6, 6.07) is 17.9. The first kappa shape index (κ1) is 22.5. The summed E-state index contributed by atoms with van der Waals surface area (Å²) in [6.45, 7) is 7.32. The van der Waals surface area contributed by atoms with Gasteiger partial charge in [0, 0.05) is 18.3 Å². The number of rotatable bonds is 6. The zero-order valence-corrected chi connectivity index (χ0v) is 20.6. The number of hydrogen-bond donors (Lipinski definition) is 3. The van der Waals surface area contributed by atoms with Crippen molar-refractivity contribution in [2.75, 3.05) is 10.6 Å². The third-order valence-corrected chi connectivity index (χ3v) is 6.84. The SMILES string of the molecule is CC(=O)c1sc(-n2c(=O)[nH]c3cc(Nc4ccc(C)cc4)c(Nc4ccc(C)cc4)nc32)nc1C. The van der Waals surface area contributed by atoms with Gasteiger partial charge < -0.3 is 15.6 Å². The van der Waals surface area contributed by atoms with Crippen LogP contribution in [0.25, 0.3) is 16.3 Å². The summed E-state index contributed by atoms with van der Waals surface area (Å²) in [5.41, 5.74) is 5.97. The molecule has 0 aliphatic carbocycles. The van der Waals surface area contributed by atoms with E-state index < -0.39 is 0 Å². The maximum absolute atomic E-state index is 13.0. The number of carbonyl (C=O) groups excluding carboxylic acids is 1. The van der Waals surface area contributed by atoms with E-state index >= 15 is 0 Å². The van der Waals surface area contributed by atoms with Crippen molar-refractivity contribution in [1.29, 1.82) is 0 Å². The van der Waals surface area contributed by atoms with Crippen molar-refractivity contribution >= 4 is 51.2 Å². The number of imidazole rings is 1. The van der Waals surface area contributed by atoms with Gasteiger partial charge in [0.25, 0.3) is 0 Å². The molecule has 0 unspecified atom stereocenters. The number of pyridine rings is 1. The molecule has 0 spiro atoms. The van der Waals surface area contributed by atoms with Crippen molar-refractivity contribution in [1.82, 2.24) is 19.5 Å². The maximum Gasteiger partial charge on any atom is 0.334 e. The minimum atomic E-state index is -0.370. The number of ketones is 1. The highest BCUT2D eigenvalue weighted by molar-refractivity contribution is 7.16. The van der Waals surface area contributed by atoms with Gasteiger partial charge in [-0.15, -0.1) is 0 Å². The molecule has 176 valence electrons. The Morgan fingerprint density at radius 3 is 2.09 bits per heavy atom. The molecule has 8 nitrogen and oxygen atoms in total. The van der Waals surface area contributed by atoms with E-state index in [4.69, 9.17) is 4.98 Å². The van der Waals surface area contributed by atoms with E-state index in [-0.39, 0.29) is 11.5 Å². The molecule has 0 bridgehead atoms. The first-order chi connectivity index (χ1) is 16.8. The third-order valence-electron chi connectivity index (χ3n) is 5.60. The lowest BCUT2D eigenvalue weighted by Crippen LogP contribution is -2.15. The molecular weight excluding hydrogens is 460 g/mol. The molecule has 35 heavy (non-hydrogen) atoms. The molecular formula is C26H24N6O2S. The summed E-state index contributed by atoms with van der Waals surface area (Å²) in [4.78, 5) is 37.6. The zero-order chi connectivity index (χ0) is 24.7. The van der Waals surface area contributed by atoms with Gasteiger partial charge in [-0.1, -0.05) is 46.7 Å². The van der Waals surface area contributed by atoms with Crippen molar-refractivity contribution in [2.24, 2.45) is 0 Å². The number of benzene rings is 2. The first-order valence-electron chi connectivity index (χ1n) is 11.1. The Morgan fingerprint density at radius 1 is 0.914 bits per heavy atom. The van der Waals surface area contributed by atoms with Crippen LogP contribution in [0, 0.1) is 20.8 Å². The molecule has 0 fully saturated rings. The first-order valence-corrected chi connectivity index (χ1v) is 11.9. The summed E-state index contributed by atoms with van der Waals surface area (Å²) < 4.78 is 1.41. The fraction of sp³-hybridized carbons (Fsp3) is 0.154. The highest BCUT2D eigenvalue weighted by atomic mass is 32.1. The highest BCUT2D eigenvalue weighted by Crippen LogP contribution is 2.31. The van der Waals surface area contributed by atoms with Crippen molar-refractivity contribution in [3.05, 3.63) is 86.8 Å². The smallest absolute Gasteiger partial charge is 0.334 e. The van der Waals surface area contributed by atoms with E-state index in [1.807, 2.05) is 68.4 Å². The molecule has 9 heteroatoms. The number of fused-ring (bicyclic) bond motifs is 1. The number of carbonyl (C=O) groups is 1. The fourth-order valence-electron chi connectivity index (χ4n) is 3.77. The number of hydrogen-bond acceptors (Lipinski definition) is 7. The number of thiazole rings is 1. The molecule has 0 saturated carbocycles. The number of H-pyrrole nitrogens is 1. The zero-order valence-electron chi connectivity index (χ0n) is 19.8. The van der Waals surface area contributed by atoms with Crippen LogP contribution in [0.15, 0.2) is 59.4 Å². The molecule has 2 aromatic carbocycles. The van der Waals surface area contributed by atoms with Crippen LogP contribution in [0.2, 0.25) is 0 Å². The molecule has 0 aliphatic heterocycles. The Bertz CT molecular complexity index is 1610. The van der Waals surface area contributed by atoms with Crippen LogP contribution >= 0.6 is 11.3 Å². The van der Waals surface area contributed by atoms with E-state index in [2.05, 4.69) is 20.6 Å². The normalized spacial score (nSPS) is 11.1. The number of Topliss-reactive ketones (excluding diaryl/α,β-unsaturated/α-hetero) is 1. The van der Waals surface area contributed by atoms with Crippen molar-refractivity contribution < 1.29 is 4.79 Å². The third kappa shape index (κ3) is 4.45. The average molecular weight is 485 g/mol. The summed E-state index contributed by atoms with van der Waals surface area (Å²) in [5, 5.41) is 7.18. The predicted octanol–water partition coefficient (Wildman–Crippen LogP) is 5.79. The standard InChI is InChI=1S/C26H24N6O2S/c1-14-5-9-18(10-6-14)28-20-13-21-24(31-23(20)29-19-11-7-15(2)8-12-19)32(25(34)30-21)26-27-16(3)22(35-26)17(4)33/h5-13,28H,1-4H3,(H,29,31)(H,30,34). The van der Waals surface area contributed by atoms with E-state index in [9.17, 15) is 9.59 Å². The Morgan fingerprint density at radius 2 is 1.51 bits per heavy atom. The van der Waals surface area contributed by atoms with Gasteiger partial charge in [0.2, 0.25) is 0 Å². The Kier molecular flexibility index (Phi) is 5.70. The van der Waals surface area contributed by atoms with Crippen molar-refractivity contribution in [3.63, 3.8) is 0 Å². The van der Waals surface area contributed by atoms with Gasteiger partial charge in [-0.25, -0.2) is 19.3 Å². The van der Waals surface area contributed by atoms with Crippen LogP contribution in [0.5, 0.6) is 0 Å². The molecule has 3 aromatic heterocycles. The highest BCUT2D eigenvalue weighted by Gasteiger charge is 2.20. The number of aryl methyl sites for hydroxylation is 3. The Labute approximate surface area is 205 Å². The monoisotopic (exact) mass is 484 g/mol. The van der Waals surface area contributed by atoms with Crippen LogP contribution in [0.4, 0.5) is 22.9 Å². The molecule has 3 heterocycles. The summed E-state index contributed by atoms with van der Waals surface area (Å²) in [6.07, 6.45) is 0. The van der Waals surface area contributed by atoms with Gasteiger partial charge >= 0.3 is 5.69 Å². The van der Waals surface area contributed by atoms with E-state index in [1.165, 1.54) is 22.8 Å². The van der Waals surface area contributed by atoms with Crippen LogP contribution < -0.4 is 16.3 Å². The van der Waals surface area contributed by atoms with Crippen molar-refractivity contribution in [2.45, 2.75) is 27.7 Å². The van der Waals surface area contributed by atoms with Gasteiger partial charge in [-0.05, 0) is 51.1 Å². The fourth-order valence-corrected chi connectivity index (χ4v) is 4.73. The lowest BCUT2D eigenvalue weighted by atomic mass is 10.2. The minimum absolute atomic E-state index is 0.0848. The largest absolute Gasteiger partial charge is 0.352 e. The van der Waals surface area contributed by atoms with Gasteiger partial charge in [-0.2, -0.15) is 0 Å². The molecule has 0 atom stereocenters. The van der Waals surface area contributed by atoms with Crippen LogP contribution in [-0.2, 0) is 0 Å². The second-order valence-corrected chi connectivity index (χ2v) is 9.45. The molecule has 0 saturated heterocycles. The van der Waals surface area contributed by atoms with Gasteiger partial charge in [0.05, 0.1) is 21.8 Å². The second-order valence-electron chi connectivity index (χ2n) is 8.47. The maximum atomic E-state index is 13.0. The summed E-state index contributed by atoms with van der Waals surface area (Å²) in [7, 11) is 0. The molecule has 0 radical (unpaired) electrons. The topological polar surface area (TPSA) is 105 Å². The summed E-state index contributed by atoms with van der Waals surface area (Å²) >= 11 is 1.18. The number of aromatic amines is 1. The molecule has 5 rings (SSSR count). The quantitative estimate of drug-likeness (QED) is 0.264. The number of nitrogens with zero attached hydrogens (tertiary/aromatic N) is 3. The number of aromatic nitrogens is 4. The minimum Gasteiger partial charge on any atom is -0.352 e. The average Bonchev–Trinajstić information content (AvgIpc) is 3.35. The van der Waals surface area contributed by atoms with Gasteiger partial charge in [0.1, 0.15) is 0 Å². The van der Waals surface area contributed by atoms with Crippen LogP contribution in [0.3, 0.4) is 0 Å². The number of anilines is 4. The summed E-state index contributed by atoms with van der Waals surface area (Å²) in [5.74, 6) is 0.466. The lowest BCUT2D eigenvalue weighted by molar-refractivity contribution is 0.102. The number of nitrogens with one attached hydrogen (secondary N) is 3. The van der Waals surface area contributed by atoms with Crippen LogP contribution in [-0.4, -0.2) is 25.3 Å². The molecule has 3 N–H and O–H groups in total. The lowest BCUT2D eigenvalue weighted by Gasteiger charge is -2.14. The Hall–Kier alpha value is -4.24. The van der Waals surface area contributed by atoms with E-state index in [1.54, 1.807) is 6.92 Å². The van der Waals surface area contributed by atoms with Gasteiger partial charge in [0.15, 0.2) is 22.4 Å². The Balaban J connectivity index is 1.66. The van der Waals surface area contributed by atoms with Gasteiger partial charge in [-0.3, -0.25) is 4.79 Å². The second kappa shape index (κ2) is 8.84. The van der Waals surface area contributed by atoms with E-state index in [0.717, 1.165) is 22.5 Å². The predicted molar refractivity (Wildman–Crippen MR) is 141 cm³/mol. The van der Waals surface area contributed by atoms with Crippen LogP contribution in [0.1, 0.15) is 33.4 Å². The molecule has 0 amide bonds. The van der Waals surface area contributed by atoms with E-state index in [0.29, 0.717) is 38.4 Å². The van der Waals surface area contributed by atoms with Crippen molar-refractivity contribution in [3.8, 4) is 5.13 Å². The molecule has 0 aliphatic rings. The molecule has 5 aromatic rings.